The zero-order valence-corrected chi connectivity index (χ0v) is 6.30. The van der Waals surface area contributed by atoms with Crippen LogP contribution in [0.3, 0.4) is 0 Å². The molecule has 0 aliphatic carbocycles. The van der Waals surface area contributed by atoms with E-state index in [1.54, 1.807) is 13.8 Å². The third-order valence-electron chi connectivity index (χ3n) is 1.18. The number of aromatic amines is 1. The highest BCUT2D eigenvalue weighted by molar-refractivity contribution is 6.08. The maximum atomic E-state index is 11.0. The van der Waals surface area contributed by atoms with Crippen LogP contribution in [0.4, 0.5) is 0 Å². The molecule has 0 atom stereocenters. The Labute approximate surface area is 64.0 Å². The van der Waals surface area contributed by atoms with Crippen molar-refractivity contribution in [3.05, 3.63) is 11.4 Å². The molecule has 1 aromatic heterocycles. The number of carbonyl (C=O) groups excluding carboxylic acids is 1. The summed E-state index contributed by atoms with van der Waals surface area (Å²) in [7, 11) is 0. The first-order chi connectivity index (χ1) is 5.25. The van der Waals surface area contributed by atoms with E-state index in [9.17, 15) is 4.79 Å². The first-order valence-electron chi connectivity index (χ1n) is 3.10. The topological polar surface area (TPSA) is 58.6 Å². The van der Waals surface area contributed by atoms with Crippen LogP contribution < -0.4 is 0 Å². The molecule has 0 spiro atoms. The van der Waals surface area contributed by atoms with Gasteiger partial charge in [-0.2, -0.15) is 15.4 Å². The lowest BCUT2D eigenvalue weighted by Gasteiger charge is -1.83. The second kappa shape index (κ2) is 2.97. The summed E-state index contributed by atoms with van der Waals surface area (Å²) in [6.45, 7) is 3.31. The molecule has 11 heavy (non-hydrogen) atoms. The minimum absolute atomic E-state index is 0.293. The van der Waals surface area contributed by atoms with Crippen LogP contribution in [0.1, 0.15) is 23.1 Å². The van der Waals surface area contributed by atoms with Gasteiger partial charge in [0.15, 0.2) is 5.69 Å². The van der Waals surface area contributed by atoms with Gasteiger partial charge < -0.3 is 0 Å². The third kappa shape index (κ3) is 1.44. The minimum atomic E-state index is -0.293. The standard InChI is InChI=1S/C7H7N3O/c1-3-4-6(11)7-5(2)8-10-9-7/h1-2H3,(H,8,9,10). The summed E-state index contributed by atoms with van der Waals surface area (Å²) >= 11 is 0. The Morgan fingerprint density at radius 1 is 1.55 bits per heavy atom. The predicted octanol–water partition coefficient (Wildman–Crippen LogP) is 0.319. The van der Waals surface area contributed by atoms with Crippen molar-refractivity contribution in [2.45, 2.75) is 13.8 Å². The van der Waals surface area contributed by atoms with E-state index in [0.29, 0.717) is 11.4 Å². The van der Waals surface area contributed by atoms with E-state index < -0.39 is 0 Å². The molecule has 0 unspecified atom stereocenters. The van der Waals surface area contributed by atoms with Crippen LogP contribution in [0.2, 0.25) is 0 Å². The number of Topliss-reactive ketones (excluding diaryl/α,β-unsaturated/α-hetero) is 1. The Morgan fingerprint density at radius 3 is 2.73 bits per heavy atom. The van der Waals surface area contributed by atoms with Crippen molar-refractivity contribution < 1.29 is 4.79 Å². The molecule has 1 heterocycles. The molecule has 0 radical (unpaired) electrons. The number of nitrogens with zero attached hydrogens (tertiary/aromatic N) is 2. The third-order valence-corrected chi connectivity index (χ3v) is 1.18. The molecule has 0 saturated carbocycles. The van der Waals surface area contributed by atoms with Crippen LogP contribution in [0.15, 0.2) is 0 Å². The number of hydrogen-bond donors (Lipinski definition) is 1. The number of aromatic nitrogens is 3. The van der Waals surface area contributed by atoms with Crippen LogP contribution in [0, 0.1) is 18.8 Å². The van der Waals surface area contributed by atoms with Gasteiger partial charge in [0.25, 0.3) is 5.78 Å². The lowest BCUT2D eigenvalue weighted by Crippen LogP contribution is -1.97. The highest BCUT2D eigenvalue weighted by Gasteiger charge is 2.09. The van der Waals surface area contributed by atoms with Gasteiger partial charge in [-0.1, -0.05) is 5.92 Å². The summed E-state index contributed by atoms with van der Waals surface area (Å²) in [5.41, 5.74) is 0.886. The van der Waals surface area contributed by atoms with E-state index >= 15 is 0 Å². The summed E-state index contributed by atoms with van der Waals surface area (Å²) in [5, 5.41) is 9.69. The number of H-pyrrole nitrogens is 1. The molecule has 0 saturated heterocycles. The number of carbonyl (C=O) groups is 1. The number of rotatable bonds is 1. The van der Waals surface area contributed by atoms with Crippen molar-refractivity contribution in [1.82, 2.24) is 15.4 Å². The summed E-state index contributed by atoms with van der Waals surface area (Å²) in [4.78, 5) is 11.0. The Bertz CT molecular complexity index is 329. The maximum absolute atomic E-state index is 11.0. The molecule has 56 valence electrons. The molecule has 4 nitrogen and oxygen atoms in total. The zero-order chi connectivity index (χ0) is 8.27. The average Bonchev–Trinajstić information content (AvgIpc) is 2.36. The largest absolute Gasteiger partial charge is 0.277 e. The summed E-state index contributed by atoms with van der Waals surface area (Å²) < 4.78 is 0. The summed E-state index contributed by atoms with van der Waals surface area (Å²) in [6.07, 6.45) is 0. The number of ketones is 1. The Kier molecular flexibility index (Phi) is 2.02. The van der Waals surface area contributed by atoms with Gasteiger partial charge in [-0.15, -0.1) is 0 Å². The predicted molar refractivity (Wildman–Crippen MR) is 38.9 cm³/mol. The molecule has 0 aromatic carbocycles. The van der Waals surface area contributed by atoms with Gasteiger partial charge >= 0.3 is 0 Å². The van der Waals surface area contributed by atoms with Crippen LogP contribution in [-0.2, 0) is 0 Å². The Hall–Kier alpha value is -1.63. The fraction of sp³-hybridized carbons (Fsp3) is 0.286. The van der Waals surface area contributed by atoms with Crippen molar-refractivity contribution in [2.24, 2.45) is 0 Å². The first kappa shape index (κ1) is 7.48. The molecule has 0 aliphatic rings. The van der Waals surface area contributed by atoms with Gasteiger partial charge in [-0.25, -0.2) is 0 Å². The lowest BCUT2D eigenvalue weighted by molar-refractivity contribution is 0.105. The molecule has 1 N–H and O–H groups in total. The minimum Gasteiger partial charge on any atom is -0.277 e. The van der Waals surface area contributed by atoms with E-state index in [4.69, 9.17) is 0 Å². The van der Waals surface area contributed by atoms with Gasteiger partial charge in [0, 0.05) is 0 Å². The molecular weight excluding hydrogens is 142 g/mol. The summed E-state index contributed by atoms with van der Waals surface area (Å²) in [6, 6.07) is 0. The van der Waals surface area contributed by atoms with E-state index in [0.717, 1.165) is 0 Å². The fourth-order valence-corrected chi connectivity index (χ4v) is 0.672. The first-order valence-corrected chi connectivity index (χ1v) is 3.10. The fourth-order valence-electron chi connectivity index (χ4n) is 0.672. The Balaban J connectivity index is 2.99. The number of hydrogen-bond acceptors (Lipinski definition) is 3. The Morgan fingerprint density at radius 2 is 2.27 bits per heavy atom. The lowest BCUT2D eigenvalue weighted by atomic mass is 10.2. The quantitative estimate of drug-likeness (QED) is 0.355. The van der Waals surface area contributed by atoms with Gasteiger partial charge in [-0.3, -0.25) is 4.79 Å². The molecule has 0 bridgehead atoms. The highest BCUT2D eigenvalue weighted by Crippen LogP contribution is 1.97. The number of nitrogens with one attached hydrogen (secondary N) is 1. The van der Waals surface area contributed by atoms with E-state index in [-0.39, 0.29) is 5.78 Å². The van der Waals surface area contributed by atoms with Crippen LogP contribution >= 0.6 is 0 Å². The van der Waals surface area contributed by atoms with Crippen molar-refractivity contribution in [1.29, 1.82) is 0 Å². The van der Waals surface area contributed by atoms with Crippen LogP contribution in [0.25, 0.3) is 0 Å². The van der Waals surface area contributed by atoms with E-state index in [1.807, 2.05) is 0 Å². The van der Waals surface area contributed by atoms with Crippen molar-refractivity contribution in [2.75, 3.05) is 0 Å². The van der Waals surface area contributed by atoms with Gasteiger partial charge in [0.1, 0.15) is 0 Å². The summed E-state index contributed by atoms with van der Waals surface area (Å²) in [5.74, 6) is 4.59. The molecule has 1 aromatic rings. The number of aryl methyl sites for hydroxylation is 1. The molecule has 0 amide bonds. The van der Waals surface area contributed by atoms with Gasteiger partial charge in [0.2, 0.25) is 0 Å². The average molecular weight is 149 g/mol. The monoisotopic (exact) mass is 149 g/mol. The maximum Gasteiger partial charge on any atom is 0.258 e. The van der Waals surface area contributed by atoms with Crippen LogP contribution in [-0.4, -0.2) is 21.2 Å². The van der Waals surface area contributed by atoms with E-state index in [2.05, 4.69) is 27.3 Å². The van der Waals surface area contributed by atoms with E-state index in [1.165, 1.54) is 0 Å². The highest BCUT2D eigenvalue weighted by atomic mass is 16.1. The normalized spacial score (nSPS) is 8.55. The molecular formula is C7H7N3O. The SMILES string of the molecule is CC#CC(=O)c1n[nH]nc1C. The molecule has 1 rings (SSSR count). The molecule has 0 aliphatic heterocycles. The molecule has 4 heteroatoms. The van der Waals surface area contributed by atoms with Crippen molar-refractivity contribution in [3.63, 3.8) is 0 Å². The van der Waals surface area contributed by atoms with Crippen LogP contribution in [0.5, 0.6) is 0 Å². The zero-order valence-electron chi connectivity index (χ0n) is 6.30. The van der Waals surface area contributed by atoms with Gasteiger partial charge in [-0.05, 0) is 19.8 Å². The molecule has 0 fully saturated rings. The second-order valence-electron chi connectivity index (χ2n) is 1.96. The van der Waals surface area contributed by atoms with Gasteiger partial charge in [0.05, 0.1) is 5.69 Å². The second-order valence-corrected chi connectivity index (χ2v) is 1.96. The van der Waals surface area contributed by atoms with Crippen molar-refractivity contribution in [3.8, 4) is 11.8 Å². The van der Waals surface area contributed by atoms with Crippen molar-refractivity contribution >= 4 is 5.78 Å². The smallest absolute Gasteiger partial charge is 0.258 e.